The molecule has 1 aromatic rings. The lowest BCUT2D eigenvalue weighted by Crippen LogP contribution is -2.32. The number of imide groups is 1. The number of benzene rings is 1. The molecule has 2 amide bonds. The monoisotopic (exact) mass is 343 g/mol. The Morgan fingerprint density at radius 3 is 2.28 bits per heavy atom. The topological polar surface area (TPSA) is 37.4 Å². The van der Waals surface area contributed by atoms with Crippen LogP contribution in [0.3, 0.4) is 0 Å². The van der Waals surface area contributed by atoms with Crippen molar-refractivity contribution in [2.75, 3.05) is 6.54 Å². The molecule has 1 heterocycles. The second kappa shape index (κ2) is 9.74. The molecule has 1 saturated heterocycles. The fourth-order valence-corrected chi connectivity index (χ4v) is 3.81. The van der Waals surface area contributed by atoms with E-state index in [2.05, 4.69) is 26.0 Å². The molecule has 3 unspecified atom stereocenters. The average molecular weight is 344 g/mol. The third-order valence-corrected chi connectivity index (χ3v) is 5.55. The van der Waals surface area contributed by atoms with Crippen molar-refractivity contribution in [2.45, 2.75) is 71.6 Å². The van der Waals surface area contributed by atoms with Crippen LogP contribution in [0.5, 0.6) is 0 Å². The first-order chi connectivity index (χ1) is 12.1. The summed E-state index contributed by atoms with van der Waals surface area (Å²) in [6, 6.07) is 10.3. The Balaban J connectivity index is 1.86. The fourth-order valence-electron chi connectivity index (χ4n) is 3.81. The van der Waals surface area contributed by atoms with Crippen LogP contribution in [-0.2, 0) is 9.59 Å². The molecule has 0 aliphatic carbocycles. The van der Waals surface area contributed by atoms with Crippen LogP contribution in [0.1, 0.15) is 77.2 Å². The number of carbonyl (C=O) groups excluding carboxylic acids is 2. The van der Waals surface area contributed by atoms with Gasteiger partial charge in [0.2, 0.25) is 11.8 Å². The summed E-state index contributed by atoms with van der Waals surface area (Å²) in [6.45, 7) is 6.88. The van der Waals surface area contributed by atoms with E-state index >= 15 is 0 Å². The molecule has 1 fully saturated rings. The maximum absolute atomic E-state index is 12.8. The zero-order valence-corrected chi connectivity index (χ0v) is 16.0. The van der Waals surface area contributed by atoms with Gasteiger partial charge in [-0.25, -0.2) is 0 Å². The highest BCUT2D eigenvalue weighted by atomic mass is 16.2. The van der Waals surface area contributed by atoms with E-state index in [1.54, 1.807) is 0 Å². The predicted molar refractivity (Wildman–Crippen MR) is 102 cm³/mol. The van der Waals surface area contributed by atoms with Crippen LogP contribution in [-0.4, -0.2) is 23.3 Å². The number of amides is 2. The predicted octanol–water partition coefficient (Wildman–Crippen LogP) is 5.16. The van der Waals surface area contributed by atoms with E-state index in [0.717, 1.165) is 19.3 Å². The zero-order valence-electron chi connectivity index (χ0n) is 16.0. The summed E-state index contributed by atoms with van der Waals surface area (Å²) in [7, 11) is 0. The van der Waals surface area contributed by atoms with Crippen LogP contribution in [0.15, 0.2) is 30.3 Å². The minimum Gasteiger partial charge on any atom is -0.282 e. The van der Waals surface area contributed by atoms with Gasteiger partial charge in [-0.1, -0.05) is 83.2 Å². The molecule has 0 radical (unpaired) electrons. The molecule has 0 N–H and O–H groups in total. The Kier molecular flexibility index (Phi) is 7.67. The molecule has 3 nitrogen and oxygen atoms in total. The Morgan fingerprint density at radius 2 is 1.60 bits per heavy atom. The first-order valence-corrected chi connectivity index (χ1v) is 9.96. The van der Waals surface area contributed by atoms with E-state index in [9.17, 15) is 9.59 Å². The van der Waals surface area contributed by atoms with Gasteiger partial charge in [0, 0.05) is 12.5 Å². The van der Waals surface area contributed by atoms with Crippen molar-refractivity contribution in [1.82, 2.24) is 4.90 Å². The Hall–Kier alpha value is -1.64. The van der Waals surface area contributed by atoms with E-state index in [1.807, 2.05) is 25.1 Å². The second-order valence-electron chi connectivity index (χ2n) is 7.54. The van der Waals surface area contributed by atoms with E-state index in [0.29, 0.717) is 12.5 Å². The molecular weight excluding hydrogens is 310 g/mol. The fraction of sp³-hybridized carbons (Fsp3) is 0.636. The molecule has 1 aromatic carbocycles. The van der Waals surface area contributed by atoms with Crippen molar-refractivity contribution in [2.24, 2.45) is 11.8 Å². The summed E-state index contributed by atoms with van der Waals surface area (Å²) in [6.07, 6.45) is 7.77. The minimum absolute atomic E-state index is 0.0313. The van der Waals surface area contributed by atoms with Gasteiger partial charge in [0.1, 0.15) is 0 Å². The normalized spacial score (nSPS) is 21.8. The van der Waals surface area contributed by atoms with Gasteiger partial charge in [0.25, 0.3) is 0 Å². The first kappa shape index (κ1) is 19.7. The van der Waals surface area contributed by atoms with Gasteiger partial charge in [-0.15, -0.1) is 0 Å². The Morgan fingerprint density at radius 1 is 0.960 bits per heavy atom. The van der Waals surface area contributed by atoms with Crippen LogP contribution < -0.4 is 0 Å². The molecule has 0 bridgehead atoms. The number of rotatable bonds is 10. The smallest absolute Gasteiger partial charge is 0.233 e. The third kappa shape index (κ3) is 5.17. The largest absolute Gasteiger partial charge is 0.282 e. The van der Waals surface area contributed by atoms with Crippen LogP contribution in [0, 0.1) is 11.8 Å². The highest BCUT2D eigenvalue weighted by Gasteiger charge is 2.44. The highest BCUT2D eigenvalue weighted by molar-refractivity contribution is 6.04. The Labute approximate surface area is 152 Å². The molecule has 25 heavy (non-hydrogen) atoms. The second-order valence-corrected chi connectivity index (χ2v) is 7.54. The molecule has 3 heteroatoms. The standard InChI is InChI=1S/C22H33NO2/c1-4-5-6-7-8-12-15-23-21(24)18(3)20(22(23)25)16-17(2)19-13-10-9-11-14-19/h9-11,13-14,17-18,20H,4-8,12,15-16H2,1-3H3. The zero-order chi connectivity index (χ0) is 18.2. The van der Waals surface area contributed by atoms with Crippen LogP contribution >= 0.6 is 0 Å². The van der Waals surface area contributed by atoms with Gasteiger partial charge in [0.05, 0.1) is 5.92 Å². The van der Waals surface area contributed by atoms with Gasteiger partial charge in [-0.2, -0.15) is 0 Å². The number of nitrogens with zero attached hydrogens (tertiary/aromatic N) is 1. The van der Waals surface area contributed by atoms with Crippen LogP contribution in [0.4, 0.5) is 0 Å². The molecule has 1 aliphatic rings. The van der Waals surface area contributed by atoms with Crippen molar-refractivity contribution in [3.05, 3.63) is 35.9 Å². The van der Waals surface area contributed by atoms with E-state index in [-0.39, 0.29) is 23.7 Å². The number of carbonyl (C=O) groups is 2. The minimum atomic E-state index is -0.182. The lowest BCUT2D eigenvalue weighted by atomic mass is 9.85. The van der Waals surface area contributed by atoms with E-state index in [1.165, 1.54) is 36.1 Å². The van der Waals surface area contributed by atoms with Crippen LogP contribution in [0.25, 0.3) is 0 Å². The molecule has 0 saturated carbocycles. The van der Waals surface area contributed by atoms with Crippen molar-refractivity contribution in [1.29, 1.82) is 0 Å². The van der Waals surface area contributed by atoms with Gasteiger partial charge in [-0.3, -0.25) is 14.5 Å². The van der Waals surface area contributed by atoms with Crippen LogP contribution in [0.2, 0.25) is 0 Å². The number of hydrogen-bond acceptors (Lipinski definition) is 2. The van der Waals surface area contributed by atoms with Crippen molar-refractivity contribution in [3.63, 3.8) is 0 Å². The quantitative estimate of drug-likeness (QED) is 0.434. The van der Waals surface area contributed by atoms with Gasteiger partial charge >= 0.3 is 0 Å². The van der Waals surface area contributed by atoms with Gasteiger partial charge in [-0.05, 0) is 24.3 Å². The number of likely N-dealkylation sites (tertiary alicyclic amines) is 1. The van der Waals surface area contributed by atoms with Gasteiger partial charge < -0.3 is 0 Å². The first-order valence-electron chi connectivity index (χ1n) is 9.96. The average Bonchev–Trinajstić information content (AvgIpc) is 2.83. The highest BCUT2D eigenvalue weighted by Crippen LogP contribution is 2.34. The summed E-state index contributed by atoms with van der Waals surface area (Å²) in [5.41, 5.74) is 1.24. The van der Waals surface area contributed by atoms with Gasteiger partial charge in [0.15, 0.2) is 0 Å². The molecule has 0 spiro atoms. The SMILES string of the molecule is CCCCCCCCN1C(=O)C(C)C(CC(C)c2ccccc2)C1=O. The molecule has 3 atom stereocenters. The molecule has 2 rings (SSSR count). The van der Waals surface area contributed by atoms with E-state index < -0.39 is 0 Å². The molecule has 138 valence electrons. The summed E-state index contributed by atoms with van der Waals surface area (Å²) in [5, 5.41) is 0. The molecule has 1 aliphatic heterocycles. The summed E-state index contributed by atoms with van der Waals surface area (Å²) in [5.74, 6) is 0.0265. The summed E-state index contributed by atoms with van der Waals surface area (Å²) in [4.78, 5) is 26.8. The van der Waals surface area contributed by atoms with Crippen molar-refractivity contribution >= 4 is 11.8 Å². The van der Waals surface area contributed by atoms with Crippen molar-refractivity contribution in [3.8, 4) is 0 Å². The third-order valence-electron chi connectivity index (χ3n) is 5.55. The lowest BCUT2D eigenvalue weighted by molar-refractivity contribution is -0.140. The number of unbranched alkanes of at least 4 members (excludes halogenated alkanes) is 5. The lowest BCUT2D eigenvalue weighted by Gasteiger charge is -2.18. The maximum atomic E-state index is 12.8. The summed E-state index contributed by atoms with van der Waals surface area (Å²) >= 11 is 0. The Bertz CT molecular complexity index is 554. The van der Waals surface area contributed by atoms with E-state index in [4.69, 9.17) is 0 Å². The molecule has 0 aromatic heterocycles. The summed E-state index contributed by atoms with van der Waals surface area (Å²) < 4.78 is 0. The molecular formula is C22H33NO2. The number of hydrogen-bond donors (Lipinski definition) is 0. The van der Waals surface area contributed by atoms with Crippen molar-refractivity contribution < 1.29 is 9.59 Å². The maximum Gasteiger partial charge on any atom is 0.233 e.